The smallest absolute Gasteiger partial charge is 0.305 e. The van der Waals surface area contributed by atoms with Gasteiger partial charge in [-0.15, -0.1) is 0 Å². The maximum absolute atomic E-state index is 11.3. The molecule has 0 radical (unpaired) electrons. The maximum Gasteiger partial charge on any atom is 0.305 e. The van der Waals surface area contributed by atoms with E-state index in [4.69, 9.17) is 4.74 Å². The highest BCUT2D eigenvalue weighted by Gasteiger charge is 2.12. The van der Waals surface area contributed by atoms with Gasteiger partial charge in [0, 0.05) is 6.42 Å². The summed E-state index contributed by atoms with van der Waals surface area (Å²) in [4.78, 5) is 11.3. The van der Waals surface area contributed by atoms with Crippen molar-refractivity contribution in [2.24, 2.45) is 11.8 Å². The minimum absolute atomic E-state index is 0.0675. The van der Waals surface area contributed by atoms with E-state index in [2.05, 4.69) is 20.8 Å². The molecule has 0 N–H and O–H groups in total. The lowest BCUT2D eigenvalue weighted by Crippen LogP contribution is -2.10. The van der Waals surface area contributed by atoms with Gasteiger partial charge in [0.2, 0.25) is 0 Å². The van der Waals surface area contributed by atoms with Gasteiger partial charge >= 0.3 is 5.97 Å². The van der Waals surface area contributed by atoms with Crippen LogP contribution in [0.4, 0.5) is 0 Å². The zero-order chi connectivity index (χ0) is 20.9. The lowest BCUT2D eigenvalue weighted by molar-refractivity contribution is -0.141. The number of hydrogen-bond donors (Lipinski definition) is 0. The van der Waals surface area contributed by atoms with Crippen molar-refractivity contribution >= 4 is 5.97 Å². The summed E-state index contributed by atoms with van der Waals surface area (Å²) in [7, 11) is 1.48. The monoisotopic (exact) mass is 396 g/mol. The molecule has 0 heterocycles. The average molecular weight is 397 g/mol. The van der Waals surface area contributed by atoms with Crippen LogP contribution in [0.1, 0.15) is 143 Å². The summed E-state index contributed by atoms with van der Waals surface area (Å²) in [6.07, 6.45) is 25.9. The fourth-order valence-electron chi connectivity index (χ4n) is 4.30. The molecule has 0 spiro atoms. The Bertz CT molecular complexity index is 326. The van der Waals surface area contributed by atoms with Gasteiger partial charge in [0.1, 0.15) is 0 Å². The first-order valence-corrected chi connectivity index (χ1v) is 12.7. The van der Waals surface area contributed by atoms with Gasteiger partial charge in [-0.25, -0.2) is 0 Å². The van der Waals surface area contributed by atoms with E-state index in [0.29, 0.717) is 12.3 Å². The van der Waals surface area contributed by atoms with Crippen LogP contribution in [0.3, 0.4) is 0 Å². The first-order chi connectivity index (χ1) is 13.6. The zero-order valence-electron chi connectivity index (χ0n) is 19.9. The third kappa shape index (κ3) is 20.2. The molecule has 0 bridgehead atoms. The van der Waals surface area contributed by atoms with Crippen molar-refractivity contribution in [3.63, 3.8) is 0 Å². The Balaban J connectivity index is 3.24. The molecule has 0 fully saturated rings. The van der Waals surface area contributed by atoms with Crippen LogP contribution in [0.5, 0.6) is 0 Å². The molecule has 168 valence electrons. The fraction of sp³-hybridized carbons (Fsp3) is 0.962. The van der Waals surface area contributed by atoms with Gasteiger partial charge in [0.25, 0.3) is 0 Å². The molecule has 0 aromatic carbocycles. The van der Waals surface area contributed by atoms with Crippen LogP contribution in [-0.4, -0.2) is 13.1 Å². The fourth-order valence-corrected chi connectivity index (χ4v) is 4.30. The minimum Gasteiger partial charge on any atom is -0.469 e. The van der Waals surface area contributed by atoms with Crippen molar-refractivity contribution in [1.82, 2.24) is 0 Å². The summed E-state index contributed by atoms with van der Waals surface area (Å²) >= 11 is 0. The van der Waals surface area contributed by atoms with Gasteiger partial charge in [-0.1, -0.05) is 130 Å². The maximum atomic E-state index is 11.3. The quantitative estimate of drug-likeness (QED) is 0.143. The molecule has 28 heavy (non-hydrogen) atoms. The number of carbonyl (C=O) groups excluding carboxylic acids is 1. The summed E-state index contributed by atoms with van der Waals surface area (Å²) in [6, 6.07) is 0. The molecule has 0 aromatic rings. The number of methoxy groups -OCH3 is 1. The second-order valence-corrected chi connectivity index (χ2v) is 9.32. The van der Waals surface area contributed by atoms with E-state index in [1.807, 2.05) is 0 Å². The Morgan fingerprint density at radius 1 is 0.643 bits per heavy atom. The highest BCUT2D eigenvalue weighted by atomic mass is 16.5. The first-order valence-electron chi connectivity index (χ1n) is 12.7. The predicted molar refractivity (Wildman–Crippen MR) is 124 cm³/mol. The molecule has 0 aliphatic rings. The molecule has 0 aliphatic carbocycles. The molecule has 0 unspecified atom stereocenters. The molecular weight excluding hydrogens is 344 g/mol. The number of ether oxygens (including phenoxy) is 1. The summed E-state index contributed by atoms with van der Waals surface area (Å²) < 4.78 is 4.76. The third-order valence-electron chi connectivity index (χ3n) is 6.10. The predicted octanol–water partition coefficient (Wildman–Crippen LogP) is 8.86. The second-order valence-electron chi connectivity index (χ2n) is 9.32. The van der Waals surface area contributed by atoms with Gasteiger partial charge in [0.15, 0.2) is 0 Å². The largest absolute Gasteiger partial charge is 0.469 e. The van der Waals surface area contributed by atoms with Crippen LogP contribution in [0, 0.1) is 11.8 Å². The lowest BCUT2D eigenvalue weighted by Gasteiger charge is -2.16. The normalized spacial score (nSPS) is 13.4. The van der Waals surface area contributed by atoms with Gasteiger partial charge in [0.05, 0.1) is 7.11 Å². The van der Waals surface area contributed by atoms with Crippen molar-refractivity contribution in [3.05, 3.63) is 0 Å². The van der Waals surface area contributed by atoms with E-state index < -0.39 is 0 Å². The van der Waals surface area contributed by atoms with Gasteiger partial charge in [-0.3, -0.25) is 4.79 Å². The summed E-state index contributed by atoms with van der Waals surface area (Å²) in [6.45, 7) is 6.79. The Morgan fingerprint density at radius 2 is 1.04 bits per heavy atom. The number of hydrogen-bond acceptors (Lipinski definition) is 2. The molecular formula is C26H52O2. The van der Waals surface area contributed by atoms with Crippen LogP contribution >= 0.6 is 0 Å². The number of carbonyl (C=O) groups is 1. The average Bonchev–Trinajstić information content (AvgIpc) is 2.67. The van der Waals surface area contributed by atoms with E-state index in [9.17, 15) is 4.79 Å². The van der Waals surface area contributed by atoms with E-state index in [0.717, 1.165) is 12.3 Å². The molecule has 0 aliphatic heterocycles. The molecule has 2 atom stereocenters. The second kappa shape index (κ2) is 21.2. The van der Waals surface area contributed by atoms with Crippen molar-refractivity contribution in [2.75, 3.05) is 7.11 Å². The van der Waals surface area contributed by atoms with Crippen molar-refractivity contribution in [3.8, 4) is 0 Å². The standard InChI is InChI=1S/C26H52O2/c1-5-6-7-8-9-10-11-12-13-14-15-16-17-18-19-20-21-24(2)22-25(3)23-26(27)28-4/h24-25H,5-23H2,1-4H3/t24-,25-/m0/s1. The molecule has 0 rings (SSSR count). The Morgan fingerprint density at radius 3 is 1.43 bits per heavy atom. The first kappa shape index (κ1) is 27.5. The van der Waals surface area contributed by atoms with E-state index in [1.165, 1.54) is 116 Å². The molecule has 0 saturated carbocycles. The number of esters is 1. The van der Waals surface area contributed by atoms with Crippen LogP contribution in [0.2, 0.25) is 0 Å². The highest BCUT2D eigenvalue weighted by molar-refractivity contribution is 5.69. The Hall–Kier alpha value is -0.530. The third-order valence-corrected chi connectivity index (χ3v) is 6.10. The van der Waals surface area contributed by atoms with E-state index in [1.54, 1.807) is 0 Å². The molecule has 2 heteroatoms. The Labute approximate surface area is 177 Å². The van der Waals surface area contributed by atoms with Crippen LogP contribution in [0.15, 0.2) is 0 Å². The van der Waals surface area contributed by atoms with Crippen LogP contribution in [0.25, 0.3) is 0 Å². The number of unbranched alkanes of at least 4 members (excludes halogenated alkanes) is 15. The molecule has 0 saturated heterocycles. The topological polar surface area (TPSA) is 26.3 Å². The molecule has 2 nitrogen and oxygen atoms in total. The number of rotatable bonds is 21. The van der Waals surface area contributed by atoms with E-state index in [-0.39, 0.29) is 5.97 Å². The van der Waals surface area contributed by atoms with Gasteiger partial charge in [-0.05, 0) is 18.3 Å². The molecule has 0 amide bonds. The van der Waals surface area contributed by atoms with Crippen LogP contribution < -0.4 is 0 Å². The van der Waals surface area contributed by atoms with Crippen molar-refractivity contribution in [1.29, 1.82) is 0 Å². The summed E-state index contributed by atoms with van der Waals surface area (Å²) in [5.41, 5.74) is 0. The van der Waals surface area contributed by atoms with Gasteiger partial charge in [-0.2, -0.15) is 0 Å². The highest BCUT2D eigenvalue weighted by Crippen LogP contribution is 2.21. The summed E-state index contributed by atoms with van der Waals surface area (Å²) in [5.74, 6) is 1.11. The van der Waals surface area contributed by atoms with E-state index >= 15 is 0 Å². The Kier molecular flexibility index (Phi) is 20.8. The minimum atomic E-state index is -0.0675. The van der Waals surface area contributed by atoms with Gasteiger partial charge < -0.3 is 4.74 Å². The lowest BCUT2D eigenvalue weighted by atomic mass is 9.91. The molecule has 0 aromatic heterocycles. The zero-order valence-corrected chi connectivity index (χ0v) is 19.9. The van der Waals surface area contributed by atoms with Crippen LogP contribution in [-0.2, 0) is 9.53 Å². The SMILES string of the molecule is CCCCCCCCCCCCCCCCCC[C@H](C)C[C@H](C)CC(=O)OC. The summed E-state index contributed by atoms with van der Waals surface area (Å²) in [5, 5.41) is 0. The van der Waals surface area contributed by atoms with Crippen molar-refractivity contribution in [2.45, 2.75) is 143 Å². The van der Waals surface area contributed by atoms with Crippen molar-refractivity contribution < 1.29 is 9.53 Å².